The predicted molar refractivity (Wildman–Crippen MR) is 125 cm³/mol. The molecular weight excluding hydrogens is 424 g/mol. The van der Waals surface area contributed by atoms with Crippen molar-refractivity contribution in [3.8, 4) is 5.69 Å². The number of likely N-dealkylation sites (tertiary alicyclic amines) is 1. The van der Waals surface area contributed by atoms with Gasteiger partial charge in [0.15, 0.2) is 0 Å². The highest BCUT2D eigenvalue weighted by Gasteiger charge is 2.46. The van der Waals surface area contributed by atoms with Crippen LogP contribution >= 0.6 is 11.3 Å². The Bertz CT molecular complexity index is 1150. The highest BCUT2D eigenvalue weighted by atomic mass is 32.1. The molecule has 1 aliphatic heterocycles. The zero-order valence-corrected chi connectivity index (χ0v) is 19.2. The quantitative estimate of drug-likeness (QED) is 0.338. The molecule has 1 amide bonds. The first-order valence-corrected chi connectivity index (χ1v) is 11.3. The fourth-order valence-corrected chi connectivity index (χ4v) is 4.87. The number of thiophene rings is 1. The summed E-state index contributed by atoms with van der Waals surface area (Å²) in [6.45, 7) is 3.07. The van der Waals surface area contributed by atoms with Gasteiger partial charge in [0, 0.05) is 11.4 Å². The third-order valence-electron chi connectivity index (χ3n) is 5.62. The number of aromatic nitrogens is 2. The van der Waals surface area contributed by atoms with Gasteiger partial charge < -0.3 is 14.9 Å². The van der Waals surface area contributed by atoms with Gasteiger partial charge in [-0.05, 0) is 57.6 Å². The Kier molecular flexibility index (Phi) is 6.25. The van der Waals surface area contributed by atoms with Crippen molar-refractivity contribution in [2.75, 3.05) is 27.2 Å². The monoisotopic (exact) mass is 450 g/mol. The number of ketones is 1. The van der Waals surface area contributed by atoms with E-state index in [2.05, 4.69) is 5.10 Å². The zero-order chi connectivity index (χ0) is 22.8. The summed E-state index contributed by atoms with van der Waals surface area (Å²) in [5.74, 6) is -1.41. The first kappa shape index (κ1) is 22.0. The number of carbonyl (C=O) groups excluding carboxylic acids is 2. The molecule has 8 heteroatoms. The number of hydrogen-bond donors (Lipinski definition) is 1. The lowest BCUT2D eigenvalue weighted by atomic mass is 10.00. The highest BCUT2D eigenvalue weighted by molar-refractivity contribution is 7.10. The molecule has 3 aromatic rings. The van der Waals surface area contributed by atoms with E-state index < -0.39 is 17.7 Å². The molecule has 1 saturated heterocycles. The van der Waals surface area contributed by atoms with Gasteiger partial charge in [-0.15, -0.1) is 11.3 Å². The third-order valence-corrected chi connectivity index (χ3v) is 6.55. The van der Waals surface area contributed by atoms with Gasteiger partial charge in [-0.3, -0.25) is 9.59 Å². The summed E-state index contributed by atoms with van der Waals surface area (Å²) in [5, 5.41) is 17.6. The largest absolute Gasteiger partial charge is 0.507 e. The molecule has 1 atom stereocenters. The van der Waals surface area contributed by atoms with Crippen LogP contribution in [0.25, 0.3) is 11.4 Å². The topological polar surface area (TPSA) is 78.7 Å². The molecule has 0 aliphatic carbocycles. The first-order chi connectivity index (χ1) is 15.4. The maximum atomic E-state index is 13.1. The molecule has 0 spiro atoms. The average Bonchev–Trinajstić information content (AvgIpc) is 3.49. The van der Waals surface area contributed by atoms with Gasteiger partial charge in [-0.2, -0.15) is 5.10 Å². The van der Waals surface area contributed by atoms with Gasteiger partial charge in [0.2, 0.25) is 0 Å². The molecule has 4 rings (SSSR count). The van der Waals surface area contributed by atoms with Crippen molar-refractivity contribution < 1.29 is 14.7 Å². The molecule has 0 unspecified atom stereocenters. The molecule has 1 aromatic carbocycles. The van der Waals surface area contributed by atoms with Gasteiger partial charge in [-0.25, -0.2) is 4.68 Å². The molecule has 0 radical (unpaired) electrons. The average molecular weight is 451 g/mol. The van der Waals surface area contributed by atoms with Crippen LogP contribution in [0.1, 0.15) is 28.6 Å². The Morgan fingerprint density at radius 2 is 1.91 bits per heavy atom. The summed E-state index contributed by atoms with van der Waals surface area (Å²) < 4.78 is 1.71. The number of carbonyl (C=O) groups is 2. The van der Waals surface area contributed by atoms with Crippen molar-refractivity contribution in [3.05, 3.63) is 75.7 Å². The second kappa shape index (κ2) is 9.10. The first-order valence-electron chi connectivity index (χ1n) is 10.5. The van der Waals surface area contributed by atoms with Crippen LogP contribution in [0.4, 0.5) is 0 Å². The SMILES string of the molecule is Cc1c(/C(O)=C2\C(=O)C(=O)N(CCCN(C)C)[C@H]2c2cccs2)cnn1-c1ccccc1. The van der Waals surface area contributed by atoms with E-state index in [1.165, 1.54) is 11.3 Å². The van der Waals surface area contributed by atoms with Gasteiger partial charge in [0.25, 0.3) is 11.7 Å². The van der Waals surface area contributed by atoms with Crippen LogP contribution in [0.2, 0.25) is 0 Å². The van der Waals surface area contributed by atoms with Crippen LogP contribution in [0, 0.1) is 6.92 Å². The van der Waals surface area contributed by atoms with E-state index in [1.54, 1.807) is 15.8 Å². The maximum absolute atomic E-state index is 13.1. The minimum atomic E-state index is -0.655. The van der Waals surface area contributed by atoms with Crippen molar-refractivity contribution in [2.24, 2.45) is 0 Å². The van der Waals surface area contributed by atoms with Gasteiger partial charge >= 0.3 is 0 Å². The minimum Gasteiger partial charge on any atom is -0.507 e. The lowest BCUT2D eigenvalue weighted by Crippen LogP contribution is -2.32. The van der Waals surface area contributed by atoms with Gasteiger partial charge in [-0.1, -0.05) is 24.3 Å². The van der Waals surface area contributed by atoms with Crippen LogP contribution in [-0.4, -0.2) is 63.6 Å². The van der Waals surface area contributed by atoms with E-state index in [0.717, 1.165) is 23.5 Å². The van der Waals surface area contributed by atoms with Crippen molar-refractivity contribution in [1.29, 1.82) is 0 Å². The fraction of sp³-hybridized carbons (Fsp3) is 0.292. The summed E-state index contributed by atoms with van der Waals surface area (Å²) in [5.41, 5.74) is 2.11. The second-order valence-corrected chi connectivity index (χ2v) is 9.04. The van der Waals surface area contributed by atoms with E-state index in [4.69, 9.17) is 0 Å². The Balaban J connectivity index is 1.77. The molecule has 166 valence electrons. The van der Waals surface area contributed by atoms with Crippen molar-refractivity contribution >= 4 is 28.8 Å². The molecule has 1 N–H and O–H groups in total. The molecular formula is C24H26N4O3S. The van der Waals surface area contributed by atoms with Crippen LogP contribution in [0.5, 0.6) is 0 Å². The number of Topliss-reactive ketones (excluding diaryl/α,β-unsaturated/α-hetero) is 1. The highest BCUT2D eigenvalue weighted by Crippen LogP contribution is 2.41. The van der Waals surface area contributed by atoms with Crippen molar-refractivity contribution in [3.63, 3.8) is 0 Å². The second-order valence-electron chi connectivity index (χ2n) is 8.06. The van der Waals surface area contributed by atoms with E-state index in [-0.39, 0.29) is 11.3 Å². The minimum absolute atomic E-state index is 0.123. The fourth-order valence-electron chi connectivity index (χ4n) is 4.03. The summed E-state index contributed by atoms with van der Waals surface area (Å²) in [4.78, 5) is 30.5. The maximum Gasteiger partial charge on any atom is 0.295 e. The number of amides is 1. The molecule has 0 saturated carbocycles. The number of para-hydroxylation sites is 1. The molecule has 0 bridgehead atoms. The number of aliphatic hydroxyl groups excluding tert-OH is 1. The summed E-state index contributed by atoms with van der Waals surface area (Å²) >= 11 is 1.47. The Morgan fingerprint density at radius 3 is 2.56 bits per heavy atom. The van der Waals surface area contributed by atoms with Gasteiger partial charge in [0.1, 0.15) is 5.76 Å². The Hall–Kier alpha value is -3.23. The van der Waals surface area contributed by atoms with Crippen molar-refractivity contribution in [2.45, 2.75) is 19.4 Å². The lowest BCUT2D eigenvalue weighted by molar-refractivity contribution is -0.139. The Labute approximate surface area is 191 Å². The molecule has 1 aliphatic rings. The summed E-state index contributed by atoms with van der Waals surface area (Å²) in [6.07, 6.45) is 2.27. The summed E-state index contributed by atoms with van der Waals surface area (Å²) in [7, 11) is 3.94. The van der Waals surface area contributed by atoms with E-state index in [9.17, 15) is 14.7 Å². The molecule has 1 fully saturated rings. The lowest BCUT2D eigenvalue weighted by Gasteiger charge is -2.24. The van der Waals surface area contributed by atoms with Crippen LogP contribution in [-0.2, 0) is 9.59 Å². The molecule has 3 heterocycles. The predicted octanol–water partition coefficient (Wildman–Crippen LogP) is 3.62. The van der Waals surface area contributed by atoms with Crippen molar-refractivity contribution in [1.82, 2.24) is 19.6 Å². The molecule has 2 aromatic heterocycles. The third kappa shape index (κ3) is 3.99. The zero-order valence-electron chi connectivity index (χ0n) is 18.4. The van der Waals surface area contributed by atoms with Gasteiger partial charge in [0.05, 0.1) is 34.8 Å². The van der Waals surface area contributed by atoms with Crippen LogP contribution in [0.3, 0.4) is 0 Å². The smallest absolute Gasteiger partial charge is 0.295 e. The number of rotatable bonds is 7. The molecule has 7 nitrogen and oxygen atoms in total. The normalized spacial score (nSPS) is 18.1. The van der Waals surface area contributed by atoms with E-state index in [0.29, 0.717) is 17.8 Å². The number of aliphatic hydroxyl groups is 1. The van der Waals surface area contributed by atoms with Crippen LogP contribution in [0.15, 0.2) is 59.6 Å². The standard InChI is InChI=1S/C24H26N4O3S/c1-16-18(15-25-28(16)17-9-5-4-6-10-17)22(29)20-21(19-11-7-14-32-19)27(24(31)23(20)30)13-8-12-26(2)3/h4-7,9-11,14-15,21,29H,8,12-13H2,1-3H3/b22-20+/t21-/m0/s1. The Morgan fingerprint density at radius 1 is 1.16 bits per heavy atom. The van der Waals surface area contributed by atoms with E-state index in [1.807, 2.05) is 73.8 Å². The number of hydrogen-bond acceptors (Lipinski definition) is 6. The number of nitrogens with zero attached hydrogens (tertiary/aromatic N) is 4. The summed E-state index contributed by atoms with van der Waals surface area (Å²) in [6, 6.07) is 12.8. The van der Waals surface area contributed by atoms with E-state index >= 15 is 0 Å². The molecule has 32 heavy (non-hydrogen) atoms. The number of benzene rings is 1. The van der Waals surface area contributed by atoms with Crippen LogP contribution < -0.4 is 0 Å².